The Balaban J connectivity index is 1.45. The number of alkyl halides is 3. The summed E-state index contributed by atoms with van der Waals surface area (Å²) in [5, 5.41) is 11.0. The van der Waals surface area contributed by atoms with Crippen LogP contribution in [0, 0.1) is 0 Å². The van der Waals surface area contributed by atoms with Crippen molar-refractivity contribution in [3.05, 3.63) is 54.1 Å². The molecule has 0 unspecified atom stereocenters. The zero-order valence-corrected chi connectivity index (χ0v) is 17.2. The van der Waals surface area contributed by atoms with E-state index < -0.39 is 48.1 Å². The third-order valence-electron chi connectivity index (χ3n) is 5.04. The number of imide groups is 1. The number of halogens is 3. The second-order valence-corrected chi connectivity index (χ2v) is 7.26. The number of benzene rings is 2. The van der Waals surface area contributed by atoms with E-state index in [9.17, 15) is 27.6 Å². The van der Waals surface area contributed by atoms with Crippen molar-refractivity contribution < 1.29 is 32.3 Å². The molecular weight excluding hydrogens is 443 g/mol. The van der Waals surface area contributed by atoms with Gasteiger partial charge in [0.2, 0.25) is 5.91 Å². The maximum absolute atomic E-state index is 13.0. The van der Waals surface area contributed by atoms with Gasteiger partial charge < -0.3 is 10.1 Å². The smallest absolute Gasteiger partial charge is 0.416 e. The zero-order valence-electron chi connectivity index (χ0n) is 17.2. The summed E-state index contributed by atoms with van der Waals surface area (Å²) in [6.45, 7) is 1.81. The van der Waals surface area contributed by atoms with E-state index in [-0.39, 0.29) is 5.69 Å². The molecular formula is C21H18F3N5O4. The fraction of sp³-hybridized carbons (Fsp3) is 0.286. The Kier molecular flexibility index (Phi) is 5.75. The zero-order chi connectivity index (χ0) is 23.8. The van der Waals surface area contributed by atoms with Gasteiger partial charge in [0.25, 0.3) is 11.8 Å². The van der Waals surface area contributed by atoms with E-state index in [1.807, 2.05) is 6.92 Å². The van der Waals surface area contributed by atoms with Gasteiger partial charge in [-0.2, -0.15) is 18.3 Å². The standard InChI is InChI=1S/C21H18F3N5O4/c1-2-33-15-8-6-14(7-9-15)29-19(31)17-18(20(29)32)28(27-26-17)11-16(30)25-13-5-3-4-12(10-13)21(22,23)24/h3-10,17-18H,2,11H2,1H3,(H,25,30)/t17-,18-/m0/s1. The number of carbonyl (C=O) groups is 3. The Bertz CT molecular complexity index is 1120. The van der Waals surface area contributed by atoms with E-state index in [1.54, 1.807) is 24.3 Å². The molecule has 2 aromatic carbocycles. The van der Waals surface area contributed by atoms with Crippen LogP contribution in [0.1, 0.15) is 12.5 Å². The van der Waals surface area contributed by atoms with Crippen molar-refractivity contribution in [2.75, 3.05) is 23.4 Å². The molecule has 0 spiro atoms. The Morgan fingerprint density at radius 2 is 1.85 bits per heavy atom. The molecule has 0 radical (unpaired) electrons. The number of ether oxygens (including phenoxy) is 1. The van der Waals surface area contributed by atoms with E-state index in [0.717, 1.165) is 28.1 Å². The normalized spacial score (nSPS) is 19.8. The lowest BCUT2D eigenvalue weighted by molar-refractivity contribution is -0.137. The van der Waals surface area contributed by atoms with E-state index in [4.69, 9.17) is 4.74 Å². The van der Waals surface area contributed by atoms with E-state index >= 15 is 0 Å². The van der Waals surface area contributed by atoms with E-state index in [1.165, 1.54) is 6.07 Å². The van der Waals surface area contributed by atoms with Gasteiger partial charge in [-0.05, 0) is 49.4 Å². The number of fused-ring (bicyclic) bond motifs is 1. The largest absolute Gasteiger partial charge is 0.494 e. The topological polar surface area (TPSA) is 104 Å². The van der Waals surface area contributed by atoms with Crippen molar-refractivity contribution in [3.63, 3.8) is 0 Å². The quantitative estimate of drug-likeness (QED) is 0.666. The van der Waals surface area contributed by atoms with Crippen molar-refractivity contribution >= 4 is 29.1 Å². The van der Waals surface area contributed by atoms with Crippen LogP contribution in [0.4, 0.5) is 24.5 Å². The predicted molar refractivity (Wildman–Crippen MR) is 109 cm³/mol. The number of hydrogen-bond acceptors (Lipinski definition) is 7. The predicted octanol–water partition coefficient (Wildman–Crippen LogP) is 3.04. The molecule has 33 heavy (non-hydrogen) atoms. The third kappa shape index (κ3) is 4.36. The molecule has 2 heterocycles. The lowest BCUT2D eigenvalue weighted by atomic mass is 10.1. The van der Waals surface area contributed by atoms with Crippen LogP contribution in [-0.4, -0.2) is 48.0 Å². The first-order chi connectivity index (χ1) is 15.7. The van der Waals surface area contributed by atoms with Crippen molar-refractivity contribution in [1.82, 2.24) is 5.01 Å². The second-order valence-electron chi connectivity index (χ2n) is 7.26. The van der Waals surface area contributed by atoms with E-state index in [0.29, 0.717) is 18.0 Å². The highest BCUT2D eigenvalue weighted by molar-refractivity contribution is 6.25. The molecule has 4 rings (SSSR count). The van der Waals surface area contributed by atoms with Gasteiger partial charge in [0, 0.05) is 5.69 Å². The van der Waals surface area contributed by atoms with E-state index in [2.05, 4.69) is 15.7 Å². The molecule has 12 heteroatoms. The van der Waals surface area contributed by atoms with Gasteiger partial charge in [0.1, 0.15) is 12.3 Å². The average molecular weight is 461 g/mol. The fourth-order valence-electron chi connectivity index (χ4n) is 3.59. The molecule has 172 valence electrons. The van der Waals surface area contributed by atoms with Gasteiger partial charge in [0.05, 0.1) is 17.9 Å². The van der Waals surface area contributed by atoms with Crippen LogP contribution >= 0.6 is 0 Å². The van der Waals surface area contributed by atoms with Crippen molar-refractivity contribution in [2.24, 2.45) is 10.3 Å². The summed E-state index contributed by atoms with van der Waals surface area (Å²) >= 11 is 0. The van der Waals surface area contributed by atoms with Crippen molar-refractivity contribution in [2.45, 2.75) is 25.2 Å². The summed E-state index contributed by atoms with van der Waals surface area (Å²) in [7, 11) is 0. The van der Waals surface area contributed by atoms with Crippen LogP contribution in [0.25, 0.3) is 0 Å². The summed E-state index contributed by atoms with van der Waals surface area (Å²) in [4.78, 5) is 39.1. The number of nitrogens with one attached hydrogen (secondary N) is 1. The molecule has 2 aliphatic heterocycles. The van der Waals surface area contributed by atoms with Crippen molar-refractivity contribution in [3.8, 4) is 5.75 Å². The number of hydrogen-bond donors (Lipinski definition) is 1. The highest BCUT2D eigenvalue weighted by Gasteiger charge is 2.55. The molecule has 1 fully saturated rings. The highest BCUT2D eigenvalue weighted by Crippen LogP contribution is 2.33. The molecule has 2 aliphatic rings. The Morgan fingerprint density at radius 3 is 2.52 bits per heavy atom. The molecule has 0 aliphatic carbocycles. The number of amides is 3. The van der Waals surface area contributed by atoms with Crippen LogP contribution in [0.15, 0.2) is 58.9 Å². The molecule has 3 amide bonds. The lowest BCUT2D eigenvalue weighted by Crippen LogP contribution is -2.43. The fourth-order valence-corrected chi connectivity index (χ4v) is 3.59. The minimum Gasteiger partial charge on any atom is -0.494 e. The molecule has 1 saturated heterocycles. The number of nitrogens with zero attached hydrogens (tertiary/aromatic N) is 4. The SMILES string of the molecule is CCOc1ccc(N2C(=O)[C@H]3N=NN(CC(=O)Nc4cccc(C(F)(F)F)c4)[C@@H]3C2=O)cc1. The van der Waals surface area contributed by atoms with Crippen LogP contribution in [0.2, 0.25) is 0 Å². The summed E-state index contributed by atoms with van der Waals surface area (Å²) in [6.07, 6.45) is -4.56. The van der Waals surface area contributed by atoms with Crippen LogP contribution in [0.5, 0.6) is 5.75 Å². The van der Waals surface area contributed by atoms with Gasteiger partial charge in [0.15, 0.2) is 12.1 Å². The Morgan fingerprint density at radius 1 is 1.12 bits per heavy atom. The third-order valence-corrected chi connectivity index (χ3v) is 5.04. The minimum atomic E-state index is -4.56. The van der Waals surface area contributed by atoms with Gasteiger partial charge in [-0.25, -0.2) is 4.90 Å². The summed E-state index contributed by atoms with van der Waals surface area (Å²) in [6, 6.07) is 8.29. The second kappa shape index (κ2) is 8.52. The van der Waals surface area contributed by atoms with Gasteiger partial charge in [-0.1, -0.05) is 11.3 Å². The highest BCUT2D eigenvalue weighted by atomic mass is 19.4. The van der Waals surface area contributed by atoms with Crippen molar-refractivity contribution in [1.29, 1.82) is 0 Å². The van der Waals surface area contributed by atoms with Crippen LogP contribution < -0.4 is 15.0 Å². The van der Waals surface area contributed by atoms with Gasteiger partial charge in [-0.3, -0.25) is 19.4 Å². The lowest BCUT2D eigenvalue weighted by Gasteiger charge is -2.20. The number of anilines is 2. The summed E-state index contributed by atoms with van der Waals surface area (Å²) in [5.74, 6) is -1.33. The number of carbonyl (C=O) groups excluding carboxylic acids is 3. The average Bonchev–Trinajstić information content (AvgIpc) is 3.28. The molecule has 0 bridgehead atoms. The Hall–Kier alpha value is -3.96. The molecule has 9 nitrogen and oxygen atoms in total. The molecule has 2 aromatic rings. The first-order valence-electron chi connectivity index (χ1n) is 9.94. The maximum atomic E-state index is 13.0. The minimum absolute atomic E-state index is 0.0626. The maximum Gasteiger partial charge on any atom is 0.416 e. The first-order valence-corrected chi connectivity index (χ1v) is 9.94. The first kappa shape index (κ1) is 22.2. The monoisotopic (exact) mass is 461 g/mol. The molecule has 0 saturated carbocycles. The molecule has 0 aromatic heterocycles. The molecule has 1 N–H and O–H groups in total. The van der Waals surface area contributed by atoms with Gasteiger partial charge in [-0.15, -0.1) is 0 Å². The number of rotatable bonds is 6. The summed E-state index contributed by atoms with van der Waals surface area (Å²) in [5.41, 5.74) is -0.650. The molecule has 2 atom stereocenters. The van der Waals surface area contributed by atoms with Crippen LogP contribution in [-0.2, 0) is 20.6 Å². The van der Waals surface area contributed by atoms with Crippen LogP contribution in [0.3, 0.4) is 0 Å². The Labute approximate surface area is 185 Å². The summed E-state index contributed by atoms with van der Waals surface area (Å²) < 4.78 is 44.0. The van der Waals surface area contributed by atoms with Gasteiger partial charge >= 0.3 is 6.18 Å².